The topological polar surface area (TPSA) is 220 Å². The number of oxime groups is 1. The number of allylic oxidation sites excluding steroid dienone is 1. The molecule has 5 N–H and O–H groups in total. The van der Waals surface area contributed by atoms with E-state index in [4.69, 9.17) is 15.2 Å². The van der Waals surface area contributed by atoms with Gasteiger partial charge in [-0.05, 0) is 37.0 Å². The first-order valence-corrected chi connectivity index (χ1v) is 13.9. The first kappa shape index (κ1) is 28.0. The van der Waals surface area contributed by atoms with Crippen LogP contribution in [0.2, 0.25) is 0 Å². The smallest absolute Gasteiger partial charge is 0.477 e. The quantitative estimate of drug-likeness (QED) is 0.105. The number of aromatic nitrogens is 3. The van der Waals surface area contributed by atoms with E-state index in [2.05, 4.69) is 25.0 Å². The molecule has 4 heterocycles. The van der Waals surface area contributed by atoms with Crippen LogP contribution in [0.3, 0.4) is 0 Å². The maximum absolute atomic E-state index is 13.8. The molecule has 206 valence electrons. The highest BCUT2D eigenvalue weighted by Crippen LogP contribution is 2.48. The summed E-state index contributed by atoms with van der Waals surface area (Å²) >= 11 is 3.25. The molecule has 2 aromatic rings. The Balaban J connectivity index is 1.71. The molecule has 0 spiro atoms. The number of fused-ring (bicyclic) bond motifs is 1. The van der Waals surface area contributed by atoms with Crippen molar-refractivity contribution in [3.8, 4) is 0 Å². The van der Waals surface area contributed by atoms with Crippen molar-refractivity contribution in [1.29, 1.82) is 0 Å². The average Bonchev–Trinajstić information content (AvgIpc) is 3.57. The summed E-state index contributed by atoms with van der Waals surface area (Å²) < 4.78 is 13.9. The standard InChI is InChI=1S/C21H21N7O8S3/c1-3-35-20(33)36-9(2)21(24-15(29)13(26-34)12-8-38-19(22)23-12)17(32)28-14(16(30)31)10(6-37-18(21)28)4-5-11-7-39-27-25-11/h4-5,7-9,18,34H,3,6H2,1-2H3,(H2,22,23)(H,24,29)(H,30,31)/b5-4+,26-13-/t9?,18-,21?/m0/s1. The number of carboxylic acids is 1. The third kappa shape index (κ3) is 5.17. The van der Waals surface area contributed by atoms with Crippen molar-refractivity contribution in [3.05, 3.63) is 39.5 Å². The Labute approximate surface area is 232 Å². The fraction of sp³-hybridized carbons (Fsp3) is 0.333. The van der Waals surface area contributed by atoms with E-state index in [1.54, 1.807) is 18.4 Å². The Morgan fingerprint density at radius 1 is 1.38 bits per heavy atom. The number of rotatable bonds is 9. The van der Waals surface area contributed by atoms with Gasteiger partial charge in [0.05, 0.1) is 12.3 Å². The van der Waals surface area contributed by atoms with E-state index in [1.165, 1.54) is 18.4 Å². The zero-order valence-corrected chi connectivity index (χ0v) is 22.7. The third-order valence-electron chi connectivity index (χ3n) is 5.75. The van der Waals surface area contributed by atoms with Gasteiger partial charge in [0.1, 0.15) is 22.9 Å². The molecular weight excluding hydrogens is 574 g/mol. The lowest BCUT2D eigenvalue weighted by Crippen LogP contribution is -2.84. The number of ether oxygens (including phenoxy) is 2. The van der Waals surface area contributed by atoms with Crippen molar-refractivity contribution >= 4 is 75.5 Å². The number of nitrogens with two attached hydrogens (primary N) is 1. The van der Waals surface area contributed by atoms with Crippen molar-refractivity contribution in [2.45, 2.75) is 30.9 Å². The average molecular weight is 596 g/mol. The molecule has 2 aromatic heterocycles. The van der Waals surface area contributed by atoms with Crippen LogP contribution >= 0.6 is 34.6 Å². The fourth-order valence-electron chi connectivity index (χ4n) is 4.00. The van der Waals surface area contributed by atoms with Gasteiger partial charge in [-0.1, -0.05) is 15.7 Å². The number of hydrogen-bond acceptors (Lipinski definition) is 15. The van der Waals surface area contributed by atoms with Crippen LogP contribution in [0.5, 0.6) is 0 Å². The summed E-state index contributed by atoms with van der Waals surface area (Å²) in [5.74, 6) is -3.15. The second kappa shape index (κ2) is 11.4. The molecule has 2 aliphatic heterocycles. The Morgan fingerprint density at radius 2 is 2.15 bits per heavy atom. The zero-order valence-electron chi connectivity index (χ0n) is 20.3. The second-order valence-corrected chi connectivity index (χ2v) is 10.5. The molecule has 2 unspecified atom stereocenters. The van der Waals surface area contributed by atoms with E-state index in [-0.39, 0.29) is 28.9 Å². The molecule has 1 saturated heterocycles. The number of thiazole rings is 1. The Morgan fingerprint density at radius 3 is 2.74 bits per heavy atom. The van der Waals surface area contributed by atoms with Gasteiger partial charge < -0.3 is 30.8 Å². The minimum atomic E-state index is -1.94. The monoisotopic (exact) mass is 595 g/mol. The van der Waals surface area contributed by atoms with Crippen LogP contribution in [0.1, 0.15) is 25.2 Å². The Kier molecular flexibility index (Phi) is 8.17. The number of hydrogen-bond donors (Lipinski definition) is 4. The number of nitrogens with one attached hydrogen (secondary N) is 1. The molecule has 18 heteroatoms. The lowest BCUT2D eigenvalue weighted by Gasteiger charge is -2.58. The molecule has 0 aromatic carbocycles. The van der Waals surface area contributed by atoms with Crippen LogP contribution in [0, 0.1) is 0 Å². The fourth-order valence-corrected chi connectivity index (χ4v) is 6.51. The number of nitrogen functional groups attached to an aromatic ring is 1. The molecule has 15 nitrogen and oxygen atoms in total. The highest BCUT2D eigenvalue weighted by molar-refractivity contribution is 8.00. The highest BCUT2D eigenvalue weighted by atomic mass is 32.2. The van der Waals surface area contributed by atoms with Gasteiger partial charge in [0.2, 0.25) is 0 Å². The molecule has 3 atom stereocenters. The predicted octanol–water partition coefficient (Wildman–Crippen LogP) is 1.14. The van der Waals surface area contributed by atoms with Crippen LogP contribution in [-0.2, 0) is 23.9 Å². The number of β-lactam (4-membered cyclic amide) rings is 1. The number of anilines is 1. The summed E-state index contributed by atoms with van der Waals surface area (Å²) in [6.07, 6.45) is 0.675. The van der Waals surface area contributed by atoms with Gasteiger partial charge in [-0.25, -0.2) is 14.6 Å². The van der Waals surface area contributed by atoms with Crippen LogP contribution < -0.4 is 11.1 Å². The number of nitrogens with zero attached hydrogens (tertiary/aromatic N) is 5. The van der Waals surface area contributed by atoms with E-state index in [1.807, 2.05) is 0 Å². The number of amides is 2. The molecule has 0 aliphatic carbocycles. The summed E-state index contributed by atoms with van der Waals surface area (Å²) in [6, 6.07) is 0. The van der Waals surface area contributed by atoms with Crippen molar-refractivity contribution in [2.75, 3.05) is 18.1 Å². The lowest BCUT2D eigenvalue weighted by atomic mass is 9.81. The molecule has 2 amide bonds. The largest absolute Gasteiger partial charge is 0.508 e. The maximum Gasteiger partial charge on any atom is 0.508 e. The van der Waals surface area contributed by atoms with E-state index in [9.17, 15) is 29.5 Å². The minimum Gasteiger partial charge on any atom is -0.477 e. The van der Waals surface area contributed by atoms with Gasteiger partial charge in [0.15, 0.2) is 16.4 Å². The first-order valence-electron chi connectivity index (χ1n) is 11.1. The van der Waals surface area contributed by atoms with Gasteiger partial charge >= 0.3 is 12.1 Å². The summed E-state index contributed by atoms with van der Waals surface area (Å²) in [4.78, 5) is 56.4. The molecule has 2 aliphatic rings. The van der Waals surface area contributed by atoms with E-state index in [0.29, 0.717) is 11.3 Å². The van der Waals surface area contributed by atoms with Crippen LogP contribution in [-0.4, -0.2) is 88.8 Å². The molecule has 1 fully saturated rings. The van der Waals surface area contributed by atoms with Gasteiger partial charge in [-0.2, -0.15) is 0 Å². The summed E-state index contributed by atoms with van der Waals surface area (Å²) in [5.41, 5.74) is 3.60. The number of carboxylic acid groups (broad SMARTS) is 1. The SMILES string of the molecule is CCOC(=O)OC(C)C1(NC(=O)/C(=N\O)c2csc(N)n2)C(=O)N2C(C(=O)O)=C(/C=C/c3csnn3)CS[C@H]21. The highest BCUT2D eigenvalue weighted by Gasteiger charge is 2.69. The predicted molar refractivity (Wildman–Crippen MR) is 140 cm³/mol. The van der Waals surface area contributed by atoms with Crippen molar-refractivity contribution in [1.82, 2.24) is 24.8 Å². The van der Waals surface area contributed by atoms with Gasteiger partial charge in [-0.15, -0.1) is 28.2 Å². The summed E-state index contributed by atoms with van der Waals surface area (Å²) in [5, 5.41) is 31.1. The van der Waals surface area contributed by atoms with Gasteiger partial charge in [0.25, 0.3) is 11.8 Å². The van der Waals surface area contributed by atoms with Crippen molar-refractivity contribution < 1.29 is 39.0 Å². The van der Waals surface area contributed by atoms with E-state index in [0.717, 1.165) is 39.5 Å². The van der Waals surface area contributed by atoms with Crippen molar-refractivity contribution in [2.24, 2.45) is 5.16 Å². The van der Waals surface area contributed by atoms with Crippen LogP contribution in [0.15, 0.2) is 33.3 Å². The molecule has 0 saturated carbocycles. The third-order valence-corrected chi connectivity index (χ3v) is 8.32. The van der Waals surface area contributed by atoms with E-state index < -0.39 is 46.7 Å². The van der Waals surface area contributed by atoms with Gasteiger partial charge in [-0.3, -0.25) is 14.5 Å². The summed E-state index contributed by atoms with van der Waals surface area (Å²) in [7, 11) is 0. The van der Waals surface area contributed by atoms with Gasteiger partial charge in [0, 0.05) is 16.5 Å². The molecule has 39 heavy (non-hydrogen) atoms. The molecular formula is C21H21N7O8S3. The lowest BCUT2D eigenvalue weighted by molar-refractivity contribution is -0.167. The maximum atomic E-state index is 13.8. The summed E-state index contributed by atoms with van der Waals surface area (Å²) in [6.45, 7) is 2.91. The second-order valence-electron chi connectivity index (χ2n) is 7.97. The first-order chi connectivity index (χ1) is 18.6. The molecule has 0 radical (unpaired) electrons. The number of aliphatic carboxylic acids is 1. The van der Waals surface area contributed by atoms with Crippen LogP contribution in [0.25, 0.3) is 6.08 Å². The number of carbonyl (C=O) groups excluding carboxylic acids is 3. The number of carbonyl (C=O) groups is 4. The van der Waals surface area contributed by atoms with Crippen molar-refractivity contribution in [3.63, 3.8) is 0 Å². The Bertz CT molecular complexity index is 1390. The normalized spacial score (nSPS) is 21.8. The minimum absolute atomic E-state index is 0.00811. The van der Waals surface area contributed by atoms with Crippen LogP contribution in [0.4, 0.5) is 9.93 Å². The number of thioether (sulfide) groups is 1. The molecule has 4 rings (SSSR count). The Hall–Kier alpha value is -4.03. The molecule has 0 bridgehead atoms. The van der Waals surface area contributed by atoms with E-state index >= 15 is 0 Å². The zero-order chi connectivity index (χ0) is 28.3.